The molecule has 2 aliphatic rings. The molecule has 26 heavy (non-hydrogen) atoms. The molecule has 0 N–H and O–H groups in total. The number of methoxy groups -OCH3 is 1. The van der Waals surface area contributed by atoms with Crippen molar-refractivity contribution in [3.05, 3.63) is 22.8 Å². The van der Waals surface area contributed by atoms with Crippen LogP contribution in [-0.4, -0.2) is 70.3 Å². The van der Waals surface area contributed by atoms with Crippen LogP contribution in [-0.2, 0) is 23.7 Å². The van der Waals surface area contributed by atoms with Crippen LogP contribution in [0.25, 0.3) is 0 Å². The Labute approximate surface area is 163 Å². The van der Waals surface area contributed by atoms with Crippen LogP contribution in [0.3, 0.4) is 0 Å². The van der Waals surface area contributed by atoms with Gasteiger partial charge < -0.3 is 28.6 Å². The van der Waals surface area contributed by atoms with Crippen LogP contribution < -0.4 is 4.90 Å². The van der Waals surface area contributed by atoms with Gasteiger partial charge >= 0.3 is 0 Å². The van der Waals surface area contributed by atoms with Crippen molar-refractivity contribution < 1.29 is 23.7 Å². The first-order valence-corrected chi connectivity index (χ1v) is 9.88. The summed E-state index contributed by atoms with van der Waals surface area (Å²) in [7, 11) is 1.62. The molecule has 3 heterocycles. The quantitative estimate of drug-likeness (QED) is 0.338. The van der Waals surface area contributed by atoms with Crippen molar-refractivity contribution in [1.82, 2.24) is 4.98 Å². The number of rotatable bonds is 9. The monoisotopic (exact) mass is 430 g/mol. The zero-order valence-corrected chi connectivity index (χ0v) is 16.7. The highest BCUT2D eigenvalue weighted by Crippen LogP contribution is 2.24. The number of anilines is 1. The van der Waals surface area contributed by atoms with Gasteiger partial charge in [-0.05, 0) is 47.3 Å². The molecule has 0 aromatic carbocycles. The van der Waals surface area contributed by atoms with E-state index >= 15 is 0 Å². The SMILES string of the molecule is COCO[C@@H]1CN(c2cccc(Br)n2)C[C@H]1OCCOC1CCCCO1. The van der Waals surface area contributed by atoms with Crippen molar-refractivity contribution in [2.75, 3.05) is 51.7 Å². The number of hydrogen-bond acceptors (Lipinski definition) is 7. The first-order valence-electron chi connectivity index (χ1n) is 9.09. The lowest BCUT2D eigenvalue weighted by Crippen LogP contribution is -2.32. The van der Waals surface area contributed by atoms with E-state index in [2.05, 4.69) is 25.8 Å². The summed E-state index contributed by atoms with van der Waals surface area (Å²) in [6.07, 6.45) is 3.04. The summed E-state index contributed by atoms with van der Waals surface area (Å²) in [6.45, 7) is 3.50. The Morgan fingerprint density at radius 3 is 2.69 bits per heavy atom. The average molecular weight is 431 g/mol. The Kier molecular flexibility index (Phi) is 8.09. The van der Waals surface area contributed by atoms with E-state index in [1.54, 1.807) is 7.11 Å². The van der Waals surface area contributed by atoms with Crippen LogP contribution in [0, 0.1) is 0 Å². The number of pyridine rings is 1. The molecule has 0 bridgehead atoms. The van der Waals surface area contributed by atoms with Crippen molar-refractivity contribution in [2.45, 2.75) is 37.8 Å². The molecule has 0 spiro atoms. The molecule has 146 valence electrons. The van der Waals surface area contributed by atoms with Crippen LogP contribution in [0.4, 0.5) is 5.82 Å². The third kappa shape index (κ3) is 5.87. The molecule has 0 aliphatic carbocycles. The molecule has 2 saturated heterocycles. The lowest BCUT2D eigenvalue weighted by molar-refractivity contribution is -0.175. The normalized spacial score (nSPS) is 26.4. The van der Waals surface area contributed by atoms with Gasteiger partial charge in [-0.3, -0.25) is 0 Å². The Hall–Kier alpha value is -0.770. The van der Waals surface area contributed by atoms with Crippen molar-refractivity contribution in [3.8, 4) is 0 Å². The number of aromatic nitrogens is 1. The van der Waals surface area contributed by atoms with Gasteiger partial charge in [0.1, 0.15) is 29.4 Å². The fraction of sp³-hybridized carbons (Fsp3) is 0.722. The first kappa shape index (κ1) is 20.0. The zero-order valence-electron chi connectivity index (χ0n) is 15.1. The molecule has 3 rings (SSSR count). The lowest BCUT2D eigenvalue weighted by atomic mass is 10.2. The van der Waals surface area contributed by atoms with Crippen molar-refractivity contribution in [2.24, 2.45) is 0 Å². The molecule has 0 radical (unpaired) electrons. The average Bonchev–Trinajstić information content (AvgIpc) is 3.07. The van der Waals surface area contributed by atoms with E-state index in [-0.39, 0.29) is 25.3 Å². The van der Waals surface area contributed by atoms with Crippen molar-refractivity contribution in [1.29, 1.82) is 0 Å². The van der Waals surface area contributed by atoms with E-state index in [0.717, 1.165) is 42.8 Å². The molecule has 2 aliphatic heterocycles. The molecule has 1 aromatic rings. The minimum atomic E-state index is -0.0844. The van der Waals surface area contributed by atoms with Gasteiger partial charge in [0, 0.05) is 26.8 Å². The number of nitrogens with zero attached hydrogens (tertiary/aromatic N) is 2. The highest BCUT2D eigenvalue weighted by Gasteiger charge is 2.35. The maximum atomic E-state index is 6.04. The lowest BCUT2D eigenvalue weighted by Gasteiger charge is -2.23. The molecular formula is C18H27BrN2O5. The summed E-state index contributed by atoms with van der Waals surface area (Å²) < 4.78 is 29.0. The van der Waals surface area contributed by atoms with E-state index in [9.17, 15) is 0 Å². The van der Waals surface area contributed by atoms with Crippen LogP contribution in [0.5, 0.6) is 0 Å². The first-order chi connectivity index (χ1) is 12.8. The summed E-state index contributed by atoms with van der Waals surface area (Å²) in [6, 6.07) is 5.88. The largest absolute Gasteiger partial charge is 0.371 e. The number of hydrogen-bond donors (Lipinski definition) is 0. The third-order valence-electron chi connectivity index (χ3n) is 4.50. The Balaban J connectivity index is 1.48. The Morgan fingerprint density at radius 2 is 1.96 bits per heavy atom. The van der Waals surface area contributed by atoms with Gasteiger partial charge in [-0.15, -0.1) is 0 Å². The fourth-order valence-electron chi connectivity index (χ4n) is 3.20. The minimum absolute atomic E-state index is 0.0539. The van der Waals surface area contributed by atoms with E-state index in [1.165, 1.54) is 0 Å². The fourth-order valence-corrected chi connectivity index (χ4v) is 3.54. The Bertz CT molecular complexity index is 544. The second-order valence-electron chi connectivity index (χ2n) is 6.41. The van der Waals surface area contributed by atoms with Crippen molar-refractivity contribution >= 4 is 21.7 Å². The maximum Gasteiger partial charge on any atom is 0.157 e. The van der Waals surface area contributed by atoms with E-state index < -0.39 is 0 Å². The highest BCUT2D eigenvalue weighted by molar-refractivity contribution is 9.10. The number of halogens is 1. The molecule has 1 unspecified atom stereocenters. The summed E-state index contributed by atoms with van der Waals surface area (Å²) in [5.74, 6) is 0.906. The molecule has 8 heteroatoms. The maximum absolute atomic E-state index is 6.04. The van der Waals surface area contributed by atoms with Crippen LogP contribution in [0.2, 0.25) is 0 Å². The van der Waals surface area contributed by atoms with E-state index in [4.69, 9.17) is 23.7 Å². The van der Waals surface area contributed by atoms with Crippen LogP contribution >= 0.6 is 15.9 Å². The van der Waals surface area contributed by atoms with Gasteiger partial charge in [-0.1, -0.05) is 6.07 Å². The van der Waals surface area contributed by atoms with Gasteiger partial charge in [0.05, 0.1) is 13.2 Å². The predicted molar refractivity (Wildman–Crippen MR) is 100 cm³/mol. The molecule has 1 aromatic heterocycles. The standard InChI is InChI=1S/C18H27BrN2O5/c1-22-13-26-15-12-21(17-6-4-5-16(19)20-17)11-14(15)23-9-10-25-18-7-2-3-8-24-18/h4-6,14-15,18H,2-3,7-13H2,1H3/t14-,15-,18?/m1/s1. The summed E-state index contributed by atoms with van der Waals surface area (Å²) >= 11 is 3.42. The second-order valence-corrected chi connectivity index (χ2v) is 7.22. The molecule has 0 amide bonds. The van der Waals surface area contributed by atoms with Crippen LogP contribution in [0.1, 0.15) is 19.3 Å². The van der Waals surface area contributed by atoms with Gasteiger partial charge in [-0.2, -0.15) is 0 Å². The molecule has 2 fully saturated rings. The van der Waals surface area contributed by atoms with Gasteiger partial charge in [-0.25, -0.2) is 4.98 Å². The topological polar surface area (TPSA) is 62.3 Å². The highest BCUT2D eigenvalue weighted by atomic mass is 79.9. The van der Waals surface area contributed by atoms with E-state index in [1.807, 2.05) is 18.2 Å². The third-order valence-corrected chi connectivity index (χ3v) is 4.94. The van der Waals surface area contributed by atoms with Crippen molar-refractivity contribution in [3.63, 3.8) is 0 Å². The molecule has 7 nitrogen and oxygen atoms in total. The smallest absolute Gasteiger partial charge is 0.157 e. The summed E-state index contributed by atoms with van der Waals surface area (Å²) in [4.78, 5) is 6.69. The zero-order chi connectivity index (χ0) is 18.2. The second kappa shape index (κ2) is 10.5. The molecular weight excluding hydrogens is 404 g/mol. The molecule has 3 atom stereocenters. The van der Waals surface area contributed by atoms with Crippen LogP contribution in [0.15, 0.2) is 22.8 Å². The summed E-state index contributed by atoms with van der Waals surface area (Å²) in [5, 5.41) is 0. The van der Waals surface area contributed by atoms with Gasteiger partial charge in [0.15, 0.2) is 6.29 Å². The van der Waals surface area contributed by atoms with Gasteiger partial charge in [0.25, 0.3) is 0 Å². The molecule has 0 saturated carbocycles. The minimum Gasteiger partial charge on any atom is -0.371 e. The summed E-state index contributed by atoms with van der Waals surface area (Å²) in [5.41, 5.74) is 0. The predicted octanol–water partition coefficient (Wildman–Crippen LogP) is 2.58. The number of ether oxygens (including phenoxy) is 5. The van der Waals surface area contributed by atoms with Gasteiger partial charge in [0.2, 0.25) is 0 Å². The van der Waals surface area contributed by atoms with E-state index in [0.29, 0.717) is 19.8 Å². The Morgan fingerprint density at radius 1 is 1.15 bits per heavy atom.